The molecule has 1 unspecified atom stereocenters. The number of hydrogen-bond donors (Lipinski definition) is 2. The van der Waals surface area contributed by atoms with Crippen LogP contribution in [0.25, 0.3) is 0 Å². The van der Waals surface area contributed by atoms with Gasteiger partial charge in [-0.3, -0.25) is 9.48 Å². The summed E-state index contributed by atoms with van der Waals surface area (Å²) < 4.78 is 1.91. The van der Waals surface area contributed by atoms with Crippen molar-refractivity contribution in [2.75, 3.05) is 6.54 Å². The van der Waals surface area contributed by atoms with Gasteiger partial charge in [-0.15, -0.1) is 11.3 Å². The van der Waals surface area contributed by atoms with Gasteiger partial charge >= 0.3 is 0 Å². The van der Waals surface area contributed by atoms with E-state index in [1.54, 1.807) is 11.3 Å². The fourth-order valence-electron chi connectivity index (χ4n) is 4.53. The molecule has 146 valence electrons. The summed E-state index contributed by atoms with van der Waals surface area (Å²) in [7, 11) is 1.96. The van der Waals surface area contributed by atoms with Gasteiger partial charge in [-0.1, -0.05) is 25.3 Å². The van der Waals surface area contributed by atoms with E-state index in [-0.39, 0.29) is 5.91 Å². The first-order valence-corrected chi connectivity index (χ1v) is 11.2. The van der Waals surface area contributed by atoms with Crippen LogP contribution in [-0.2, 0) is 26.4 Å². The molecule has 4 rings (SSSR count). The Morgan fingerprint density at radius 3 is 2.93 bits per heavy atom. The Hall–Kier alpha value is -1.66. The van der Waals surface area contributed by atoms with Gasteiger partial charge in [-0.25, -0.2) is 0 Å². The molecule has 0 aliphatic heterocycles. The molecule has 2 aliphatic rings. The Morgan fingerprint density at radius 2 is 2.15 bits per heavy atom. The number of carbonyl (C=O) groups excluding carboxylic acids is 1. The summed E-state index contributed by atoms with van der Waals surface area (Å²) in [5.41, 5.74) is 2.99. The van der Waals surface area contributed by atoms with E-state index in [1.165, 1.54) is 42.7 Å². The van der Waals surface area contributed by atoms with E-state index >= 15 is 0 Å². The van der Waals surface area contributed by atoms with Gasteiger partial charge < -0.3 is 10.6 Å². The molecule has 1 amide bonds. The molecule has 5 nitrogen and oxygen atoms in total. The van der Waals surface area contributed by atoms with Gasteiger partial charge in [0.1, 0.15) is 0 Å². The fourth-order valence-corrected chi connectivity index (χ4v) is 5.18. The lowest BCUT2D eigenvalue weighted by Gasteiger charge is -2.28. The Labute approximate surface area is 165 Å². The van der Waals surface area contributed by atoms with Crippen LogP contribution in [0.4, 0.5) is 0 Å². The fraction of sp³-hybridized carbons (Fsp3) is 0.619. The molecule has 2 aromatic heterocycles. The van der Waals surface area contributed by atoms with Crippen LogP contribution in [0.2, 0.25) is 0 Å². The third-order valence-electron chi connectivity index (χ3n) is 6.09. The Morgan fingerprint density at radius 1 is 1.30 bits per heavy atom. The standard InChI is InChI=1S/C21H30N4OS/c1-25-19-10-9-16(22-13-15-6-3-2-4-7-15)12-18(19)20(24-25)21(26)23-14-17-8-5-11-27-17/h5,8,11,15-16,22H,2-4,6-7,9-10,12-14H2,1H3,(H,23,26). The molecule has 2 aromatic rings. The second-order valence-corrected chi connectivity index (χ2v) is 9.04. The van der Waals surface area contributed by atoms with Gasteiger partial charge in [0.15, 0.2) is 5.69 Å². The van der Waals surface area contributed by atoms with E-state index in [4.69, 9.17) is 0 Å². The Balaban J connectivity index is 1.38. The van der Waals surface area contributed by atoms with Crippen LogP contribution >= 0.6 is 11.3 Å². The number of aryl methyl sites for hydroxylation is 1. The highest BCUT2D eigenvalue weighted by Gasteiger charge is 2.28. The number of rotatable bonds is 6. The molecule has 0 radical (unpaired) electrons. The summed E-state index contributed by atoms with van der Waals surface area (Å²) in [5.74, 6) is 0.788. The highest BCUT2D eigenvalue weighted by Crippen LogP contribution is 2.26. The zero-order valence-corrected chi connectivity index (χ0v) is 17.0. The van der Waals surface area contributed by atoms with Crippen molar-refractivity contribution in [3.63, 3.8) is 0 Å². The first-order valence-electron chi connectivity index (χ1n) is 10.3. The van der Waals surface area contributed by atoms with Crippen LogP contribution in [-0.4, -0.2) is 28.3 Å². The third-order valence-corrected chi connectivity index (χ3v) is 6.97. The normalized spacial score (nSPS) is 20.4. The maximum atomic E-state index is 12.7. The van der Waals surface area contributed by atoms with Gasteiger partial charge in [0.05, 0.1) is 6.54 Å². The number of thiophene rings is 1. The van der Waals surface area contributed by atoms with Crippen molar-refractivity contribution < 1.29 is 4.79 Å². The van der Waals surface area contributed by atoms with Crippen molar-refractivity contribution >= 4 is 17.2 Å². The van der Waals surface area contributed by atoms with Crippen molar-refractivity contribution in [1.29, 1.82) is 0 Å². The summed E-state index contributed by atoms with van der Waals surface area (Å²) in [4.78, 5) is 13.9. The van der Waals surface area contributed by atoms with E-state index in [0.717, 1.165) is 37.3 Å². The molecule has 2 N–H and O–H groups in total. The van der Waals surface area contributed by atoms with Crippen LogP contribution in [0.15, 0.2) is 17.5 Å². The van der Waals surface area contributed by atoms with Crippen LogP contribution in [0.1, 0.15) is 65.1 Å². The molecule has 1 fully saturated rings. The SMILES string of the molecule is Cn1nc(C(=O)NCc2cccs2)c2c1CCC(NCC1CCCCC1)C2. The highest BCUT2D eigenvalue weighted by atomic mass is 32.1. The minimum absolute atomic E-state index is 0.0480. The molecular weight excluding hydrogens is 356 g/mol. The number of carbonyl (C=O) groups is 1. The van der Waals surface area contributed by atoms with Gasteiger partial charge in [-0.05, 0) is 56.0 Å². The molecule has 0 spiro atoms. The van der Waals surface area contributed by atoms with E-state index in [1.807, 2.05) is 29.2 Å². The molecule has 6 heteroatoms. The molecule has 2 aliphatic carbocycles. The molecule has 27 heavy (non-hydrogen) atoms. The Bertz CT molecular complexity index is 761. The monoisotopic (exact) mass is 386 g/mol. The molecule has 0 saturated heterocycles. The summed E-state index contributed by atoms with van der Waals surface area (Å²) in [5, 5.41) is 13.4. The largest absolute Gasteiger partial charge is 0.346 e. The van der Waals surface area contributed by atoms with Crippen LogP contribution < -0.4 is 10.6 Å². The number of nitrogens with one attached hydrogen (secondary N) is 2. The average Bonchev–Trinajstić information content (AvgIpc) is 3.33. The van der Waals surface area contributed by atoms with Gasteiger partial charge in [0.2, 0.25) is 0 Å². The topological polar surface area (TPSA) is 59.0 Å². The third kappa shape index (κ3) is 4.43. The molecule has 1 atom stereocenters. The zero-order chi connectivity index (χ0) is 18.6. The summed E-state index contributed by atoms with van der Waals surface area (Å²) >= 11 is 1.66. The van der Waals surface area contributed by atoms with Crippen molar-refractivity contribution in [3.8, 4) is 0 Å². The predicted octanol–water partition coefficient (Wildman–Crippen LogP) is 3.44. The minimum atomic E-state index is -0.0480. The van der Waals surface area contributed by atoms with Crippen molar-refractivity contribution in [3.05, 3.63) is 39.3 Å². The van der Waals surface area contributed by atoms with Crippen molar-refractivity contribution in [2.24, 2.45) is 13.0 Å². The minimum Gasteiger partial charge on any atom is -0.346 e. The summed E-state index contributed by atoms with van der Waals surface area (Å²) in [6.07, 6.45) is 9.97. The molecule has 1 saturated carbocycles. The first kappa shape index (κ1) is 18.7. The highest BCUT2D eigenvalue weighted by molar-refractivity contribution is 7.09. The first-order chi connectivity index (χ1) is 13.2. The molecule has 2 heterocycles. The maximum Gasteiger partial charge on any atom is 0.272 e. The lowest BCUT2D eigenvalue weighted by molar-refractivity contribution is 0.0944. The number of hydrogen-bond acceptors (Lipinski definition) is 4. The lowest BCUT2D eigenvalue weighted by Crippen LogP contribution is -2.38. The van der Waals surface area contributed by atoms with Gasteiger partial charge in [0, 0.05) is 29.2 Å². The summed E-state index contributed by atoms with van der Waals surface area (Å²) in [6, 6.07) is 4.52. The van der Waals surface area contributed by atoms with E-state index in [0.29, 0.717) is 18.3 Å². The zero-order valence-electron chi connectivity index (χ0n) is 16.2. The van der Waals surface area contributed by atoms with E-state index < -0.39 is 0 Å². The van der Waals surface area contributed by atoms with Gasteiger partial charge in [-0.2, -0.15) is 5.10 Å². The number of fused-ring (bicyclic) bond motifs is 1. The number of nitrogens with zero attached hydrogens (tertiary/aromatic N) is 2. The Kier molecular flexibility index (Phi) is 5.93. The quantitative estimate of drug-likeness (QED) is 0.800. The number of amides is 1. The van der Waals surface area contributed by atoms with Crippen LogP contribution in [0.3, 0.4) is 0 Å². The van der Waals surface area contributed by atoms with E-state index in [2.05, 4.69) is 15.7 Å². The van der Waals surface area contributed by atoms with Crippen LogP contribution in [0.5, 0.6) is 0 Å². The second kappa shape index (κ2) is 8.57. The summed E-state index contributed by atoms with van der Waals surface area (Å²) in [6.45, 7) is 1.70. The maximum absolute atomic E-state index is 12.7. The molecule has 0 bridgehead atoms. The average molecular weight is 387 g/mol. The predicted molar refractivity (Wildman–Crippen MR) is 109 cm³/mol. The van der Waals surface area contributed by atoms with Crippen molar-refractivity contribution in [1.82, 2.24) is 20.4 Å². The number of aromatic nitrogens is 2. The van der Waals surface area contributed by atoms with Crippen molar-refractivity contribution in [2.45, 2.75) is 64.0 Å². The lowest BCUT2D eigenvalue weighted by atomic mass is 9.87. The smallest absolute Gasteiger partial charge is 0.272 e. The van der Waals surface area contributed by atoms with E-state index in [9.17, 15) is 4.79 Å². The van der Waals surface area contributed by atoms with Crippen LogP contribution in [0, 0.1) is 5.92 Å². The molecular formula is C21H30N4OS. The molecule has 0 aromatic carbocycles. The van der Waals surface area contributed by atoms with Gasteiger partial charge in [0.25, 0.3) is 5.91 Å². The second-order valence-electron chi connectivity index (χ2n) is 8.01.